The number of rotatable bonds is 5. The van der Waals surface area contributed by atoms with E-state index in [0.717, 1.165) is 19.3 Å². The Hall–Kier alpha value is -1.47. The molecule has 0 saturated carbocycles. The zero-order valence-electron chi connectivity index (χ0n) is 13.5. The molecule has 7 heteroatoms. The van der Waals surface area contributed by atoms with Gasteiger partial charge in [-0.2, -0.15) is 0 Å². The van der Waals surface area contributed by atoms with Gasteiger partial charge in [0.15, 0.2) is 0 Å². The fourth-order valence-corrected chi connectivity index (χ4v) is 4.19. The molecule has 1 amide bonds. The molecule has 2 rings (SSSR count). The Morgan fingerprint density at radius 1 is 1.35 bits per heavy atom. The van der Waals surface area contributed by atoms with Gasteiger partial charge in [0.05, 0.1) is 11.8 Å². The first-order valence-electron chi connectivity index (χ1n) is 7.83. The summed E-state index contributed by atoms with van der Waals surface area (Å²) in [4.78, 5) is 14.2. The van der Waals surface area contributed by atoms with Crippen molar-refractivity contribution in [2.45, 2.75) is 50.9 Å². The summed E-state index contributed by atoms with van der Waals surface area (Å²) in [6.07, 6.45) is 2.99. The van der Waals surface area contributed by atoms with Crippen LogP contribution in [0.25, 0.3) is 0 Å². The smallest absolute Gasteiger partial charge is 0.240 e. The summed E-state index contributed by atoms with van der Waals surface area (Å²) in [5, 5.41) is 0. The number of likely N-dealkylation sites (tertiary alicyclic amines) is 1. The van der Waals surface area contributed by atoms with E-state index in [4.69, 9.17) is 0 Å². The van der Waals surface area contributed by atoms with Crippen LogP contribution in [0.1, 0.15) is 38.7 Å². The van der Waals surface area contributed by atoms with Crippen molar-refractivity contribution in [3.05, 3.63) is 35.6 Å². The molecule has 1 heterocycles. The fraction of sp³-hybridized carbons (Fsp3) is 0.562. The molecule has 128 valence electrons. The molecule has 1 aromatic rings. The van der Waals surface area contributed by atoms with E-state index >= 15 is 0 Å². The maximum atomic E-state index is 12.9. The maximum absolute atomic E-state index is 12.9. The largest absolute Gasteiger partial charge is 0.339 e. The van der Waals surface area contributed by atoms with E-state index in [0.29, 0.717) is 12.1 Å². The van der Waals surface area contributed by atoms with Crippen molar-refractivity contribution in [3.63, 3.8) is 0 Å². The van der Waals surface area contributed by atoms with Crippen molar-refractivity contribution in [3.8, 4) is 0 Å². The van der Waals surface area contributed by atoms with E-state index < -0.39 is 21.9 Å². The van der Waals surface area contributed by atoms with Crippen LogP contribution in [0.2, 0.25) is 0 Å². The van der Waals surface area contributed by atoms with Crippen molar-refractivity contribution in [2.75, 3.05) is 6.54 Å². The highest BCUT2D eigenvalue weighted by Crippen LogP contribution is 2.17. The number of hydrogen-bond donors (Lipinski definition) is 1. The Kier molecular flexibility index (Phi) is 5.75. The van der Waals surface area contributed by atoms with E-state index in [1.807, 2.05) is 6.92 Å². The van der Waals surface area contributed by atoms with Crippen LogP contribution in [-0.2, 0) is 20.6 Å². The topological polar surface area (TPSA) is 66.5 Å². The second-order valence-corrected chi connectivity index (χ2v) is 7.86. The summed E-state index contributed by atoms with van der Waals surface area (Å²) >= 11 is 0. The van der Waals surface area contributed by atoms with E-state index in [1.165, 1.54) is 24.3 Å². The van der Waals surface area contributed by atoms with Gasteiger partial charge < -0.3 is 4.90 Å². The number of carbonyl (C=O) groups excluding carboxylic acids is 1. The molecule has 1 aliphatic heterocycles. The summed E-state index contributed by atoms with van der Waals surface area (Å²) in [5.41, 5.74) is 0.477. The van der Waals surface area contributed by atoms with Gasteiger partial charge in [-0.05, 0) is 50.8 Å². The molecule has 1 aromatic carbocycles. The number of amides is 1. The second-order valence-electron chi connectivity index (χ2n) is 6.10. The minimum Gasteiger partial charge on any atom is -0.339 e. The Morgan fingerprint density at radius 2 is 2.00 bits per heavy atom. The van der Waals surface area contributed by atoms with Crippen LogP contribution < -0.4 is 4.72 Å². The highest BCUT2D eigenvalue weighted by atomic mass is 32.2. The molecule has 1 fully saturated rings. The number of nitrogens with zero attached hydrogens (tertiary/aromatic N) is 1. The third-order valence-electron chi connectivity index (χ3n) is 4.08. The predicted octanol–water partition coefficient (Wildman–Crippen LogP) is 2.03. The molecular weight excluding hydrogens is 319 g/mol. The molecule has 23 heavy (non-hydrogen) atoms. The summed E-state index contributed by atoms with van der Waals surface area (Å²) in [5.74, 6) is -0.887. The lowest BCUT2D eigenvalue weighted by Crippen LogP contribution is -2.51. The second kappa shape index (κ2) is 7.40. The van der Waals surface area contributed by atoms with Crippen LogP contribution in [0, 0.1) is 5.82 Å². The lowest BCUT2D eigenvalue weighted by atomic mass is 10.0. The van der Waals surface area contributed by atoms with Crippen LogP contribution in [0.3, 0.4) is 0 Å². The van der Waals surface area contributed by atoms with Crippen molar-refractivity contribution in [1.82, 2.24) is 9.62 Å². The minimum atomic E-state index is -3.67. The van der Waals surface area contributed by atoms with E-state index in [9.17, 15) is 17.6 Å². The maximum Gasteiger partial charge on any atom is 0.240 e. The average molecular weight is 342 g/mol. The number of carbonyl (C=O) groups is 1. The first kappa shape index (κ1) is 17.9. The van der Waals surface area contributed by atoms with Gasteiger partial charge in [-0.25, -0.2) is 17.5 Å². The van der Waals surface area contributed by atoms with Crippen LogP contribution in [0.5, 0.6) is 0 Å². The van der Waals surface area contributed by atoms with E-state index in [1.54, 1.807) is 11.8 Å². The third-order valence-corrected chi connectivity index (χ3v) is 5.51. The number of sulfonamides is 1. The molecule has 0 unspecified atom stereocenters. The highest BCUT2D eigenvalue weighted by molar-refractivity contribution is 7.88. The third kappa shape index (κ3) is 5.00. The molecule has 5 nitrogen and oxygen atoms in total. The van der Waals surface area contributed by atoms with Crippen molar-refractivity contribution in [1.29, 1.82) is 0 Å². The summed E-state index contributed by atoms with van der Waals surface area (Å²) < 4.78 is 39.7. The molecular formula is C16H23FN2O3S. The summed E-state index contributed by atoms with van der Waals surface area (Å²) in [7, 11) is -3.67. The first-order valence-corrected chi connectivity index (χ1v) is 9.48. The SMILES string of the molecule is C[C@@H](NS(=O)(=O)Cc1ccc(F)cc1)C(=O)N1CCCC[C@@H]1C. The van der Waals surface area contributed by atoms with Gasteiger partial charge >= 0.3 is 0 Å². The minimum absolute atomic E-state index is 0.139. The molecule has 1 saturated heterocycles. The molecule has 0 aliphatic carbocycles. The van der Waals surface area contributed by atoms with Crippen molar-refractivity contribution >= 4 is 15.9 Å². The molecule has 1 N–H and O–H groups in total. The van der Waals surface area contributed by atoms with Crippen molar-refractivity contribution in [2.24, 2.45) is 0 Å². The Balaban J connectivity index is 1.98. The number of piperidine rings is 1. The van der Waals surface area contributed by atoms with Gasteiger partial charge in [0.1, 0.15) is 5.82 Å². The molecule has 0 radical (unpaired) electrons. The molecule has 1 aliphatic rings. The van der Waals surface area contributed by atoms with Gasteiger partial charge in [0, 0.05) is 12.6 Å². The van der Waals surface area contributed by atoms with Crippen LogP contribution in [0.4, 0.5) is 4.39 Å². The van der Waals surface area contributed by atoms with Crippen LogP contribution in [-0.4, -0.2) is 37.9 Å². The number of hydrogen-bond acceptors (Lipinski definition) is 3. The predicted molar refractivity (Wildman–Crippen MR) is 86.6 cm³/mol. The molecule has 0 aromatic heterocycles. The zero-order chi connectivity index (χ0) is 17.0. The van der Waals surface area contributed by atoms with Gasteiger partial charge in [-0.3, -0.25) is 4.79 Å². The van der Waals surface area contributed by atoms with Gasteiger partial charge in [0.2, 0.25) is 15.9 Å². The van der Waals surface area contributed by atoms with Crippen LogP contribution >= 0.6 is 0 Å². The van der Waals surface area contributed by atoms with E-state index in [2.05, 4.69) is 4.72 Å². The molecule has 0 spiro atoms. The number of halogens is 1. The molecule has 2 atom stereocenters. The van der Waals surface area contributed by atoms with E-state index in [-0.39, 0.29) is 17.7 Å². The standard InChI is InChI=1S/C16H23FN2O3S/c1-12-5-3-4-10-19(12)16(20)13(2)18-23(21,22)11-14-6-8-15(17)9-7-14/h6-9,12-13,18H,3-5,10-11H2,1-2H3/t12-,13+/m0/s1. The Morgan fingerprint density at radius 3 is 2.61 bits per heavy atom. The highest BCUT2D eigenvalue weighted by Gasteiger charge is 2.29. The van der Waals surface area contributed by atoms with Gasteiger partial charge in [-0.15, -0.1) is 0 Å². The lowest BCUT2D eigenvalue weighted by Gasteiger charge is -2.35. The fourth-order valence-electron chi connectivity index (χ4n) is 2.84. The zero-order valence-corrected chi connectivity index (χ0v) is 14.3. The first-order chi connectivity index (χ1) is 10.8. The summed E-state index contributed by atoms with van der Waals surface area (Å²) in [6, 6.07) is 4.62. The monoisotopic (exact) mass is 342 g/mol. The van der Waals surface area contributed by atoms with Gasteiger partial charge in [0.25, 0.3) is 0 Å². The molecule has 0 bridgehead atoms. The van der Waals surface area contributed by atoms with Gasteiger partial charge in [-0.1, -0.05) is 12.1 Å². The number of nitrogens with one attached hydrogen (secondary N) is 1. The lowest BCUT2D eigenvalue weighted by molar-refractivity contribution is -0.135. The van der Waals surface area contributed by atoms with Crippen molar-refractivity contribution < 1.29 is 17.6 Å². The summed E-state index contributed by atoms with van der Waals surface area (Å²) in [6.45, 7) is 4.21. The Bertz CT molecular complexity index is 646. The van der Waals surface area contributed by atoms with Crippen LogP contribution in [0.15, 0.2) is 24.3 Å². The Labute approximate surface area is 136 Å². The number of benzene rings is 1. The average Bonchev–Trinajstić information content (AvgIpc) is 2.48. The quantitative estimate of drug-likeness (QED) is 0.890. The normalized spacial score (nSPS) is 20.3.